The zero-order chi connectivity index (χ0) is 9.26. The predicted octanol–water partition coefficient (Wildman–Crippen LogP) is 3.40. The van der Waals surface area contributed by atoms with Crippen molar-refractivity contribution in [1.29, 1.82) is 5.26 Å². The second-order valence-electron chi connectivity index (χ2n) is 3.69. The third-order valence-electron chi connectivity index (χ3n) is 2.69. The molecule has 1 unspecified atom stereocenters. The predicted molar refractivity (Wildman–Crippen MR) is 56.2 cm³/mol. The van der Waals surface area contributed by atoms with Gasteiger partial charge < -0.3 is 0 Å². The van der Waals surface area contributed by atoms with Crippen LogP contribution in [0.1, 0.15) is 32.6 Å². The highest BCUT2D eigenvalue weighted by Crippen LogP contribution is 2.41. The average Bonchev–Trinajstić information content (AvgIpc) is 2.71. The fraction of sp³-hybridized carbons (Fsp3) is 0.545. The van der Waals surface area contributed by atoms with E-state index >= 15 is 0 Å². The second kappa shape index (κ2) is 3.59. The number of allylic oxidation sites excluding steroid dienone is 2. The molecule has 68 valence electrons. The summed E-state index contributed by atoms with van der Waals surface area (Å²) < 4.78 is 0. The first kappa shape index (κ1) is 8.90. The van der Waals surface area contributed by atoms with Crippen LogP contribution in [0.5, 0.6) is 0 Å². The van der Waals surface area contributed by atoms with Gasteiger partial charge in [-0.2, -0.15) is 5.26 Å². The van der Waals surface area contributed by atoms with Crippen LogP contribution >= 0.6 is 11.8 Å². The lowest BCUT2D eigenvalue weighted by Crippen LogP contribution is -1.93. The molecule has 1 aliphatic heterocycles. The Kier molecular flexibility index (Phi) is 2.46. The zero-order valence-corrected chi connectivity index (χ0v) is 8.66. The molecule has 0 bridgehead atoms. The minimum atomic E-state index is 0.0862. The third-order valence-corrected chi connectivity index (χ3v) is 4.06. The average molecular weight is 191 g/mol. The monoisotopic (exact) mass is 191 g/mol. The molecule has 1 fully saturated rings. The van der Waals surface area contributed by atoms with Crippen LogP contribution in [0.3, 0.4) is 0 Å². The maximum atomic E-state index is 8.86. The highest BCUT2D eigenvalue weighted by molar-refractivity contribution is 8.04. The summed E-state index contributed by atoms with van der Waals surface area (Å²) in [5.41, 5.74) is 2.81. The van der Waals surface area contributed by atoms with Gasteiger partial charge in [-0.1, -0.05) is 5.57 Å². The van der Waals surface area contributed by atoms with E-state index in [-0.39, 0.29) is 5.25 Å². The molecule has 0 aromatic rings. The van der Waals surface area contributed by atoms with Gasteiger partial charge in [0.1, 0.15) is 5.25 Å². The van der Waals surface area contributed by atoms with Crippen LogP contribution in [0.2, 0.25) is 0 Å². The van der Waals surface area contributed by atoms with E-state index in [0.717, 1.165) is 0 Å². The number of nitrogens with zero attached hydrogens (tertiary/aromatic N) is 1. The molecule has 1 nitrogen and oxygen atoms in total. The van der Waals surface area contributed by atoms with E-state index in [1.807, 2.05) is 0 Å². The Morgan fingerprint density at radius 1 is 1.46 bits per heavy atom. The van der Waals surface area contributed by atoms with Gasteiger partial charge in [-0.25, -0.2) is 0 Å². The third kappa shape index (κ3) is 1.66. The van der Waals surface area contributed by atoms with E-state index in [4.69, 9.17) is 5.26 Å². The first-order chi connectivity index (χ1) is 6.31. The van der Waals surface area contributed by atoms with Crippen LogP contribution in [0, 0.1) is 11.3 Å². The second-order valence-corrected chi connectivity index (χ2v) is 4.84. The van der Waals surface area contributed by atoms with Crippen molar-refractivity contribution in [3.8, 4) is 6.07 Å². The van der Waals surface area contributed by atoms with Crippen molar-refractivity contribution >= 4 is 11.8 Å². The molecule has 2 rings (SSSR count). The summed E-state index contributed by atoms with van der Waals surface area (Å²) in [6.07, 6.45) is 7.39. The van der Waals surface area contributed by atoms with Crippen molar-refractivity contribution < 1.29 is 0 Å². The van der Waals surface area contributed by atoms with Crippen molar-refractivity contribution in [2.75, 3.05) is 0 Å². The first-order valence-electron chi connectivity index (χ1n) is 4.78. The molecule has 0 aromatic heterocycles. The van der Waals surface area contributed by atoms with Crippen molar-refractivity contribution in [3.63, 3.8) is 0 Å². The minimum Gasteiger partial charge on any atom is -0.197 e. The summed E-state index contributed by atoms with van der Waals surface area (Å²) in [5.74, 6) is 0. The van der Waals surface area contributed by atoms with Gasteiger partial charge in [0.05, 0.1) is 6.07 Å². The lowest BCUT2D eigenvalue weighted by molar-refractivity contribution is 0.886. The molecule has 1 atom stereocenters. The van der Waals surface area contributed by atoms with Crippen LogP contribution in [0.4, 0.5) is 0 Å². The Bertz CT molecular complexity index is 311. The summed E-state index contributed by atoms with van der Waals surface area (Å²) in [6, 6.07) is 2.33. The molecular weight excluding hydrogens is 178 g/mol. The van der Waals surface area contributed by atoms with Gasteiger partial charge >= 0.3 is 0 Å². The largest absolute Gasteiger partial charge is 0.197 e. The van der Waals surface area contributed by atoms with Crippen LogP contribution in [0.15, 0.2) is 22.1 Å². The minimum absolute atomic E-state index is 0.0862. The van der Waals surface area contributed by atoms with Crippen LogP contribution < -0.4 is 0 Å². The van der Waals surface area contributed by atoms with E-state index in [0.29, 0.717) is 0 Å². The lowest BCUT2D eigenvalue weighted by Gasteiger charge is -2.01. The van der Waals surface area contributed by atoms with Gasteiger partial charge in [-0.15, -0.1) is 11.8 Å². The molecule has 1 heterocycles. The van der Waals surface area contributed by atoms with E-state index < -0.39 is 0 Å². The number of hydrogen-bond acceptors (Lipinski definition) is 2. The van der Waals surface area contributed by atoms with Crippen molar-refractivity contribution in [2.24, 2.45) is 0 Å². The summed E-state index contributed by atoms with van der Waals surface area (Å²) in [7, 11) is 0. The quantitative estimate of drug-likeness (QED) is 0.586. The molecule has 0 radical (unpaired) electrons. The van der Waals surface area contributed by atoms with E-state index in [2.05, 4.69) is 19.1 Å². The van der Waals surface area contributed by atoms with Gasteiger partial charge in [-0.3, -0.25) is 0 Å². The highest BCUT2D eigenvalue weighted by atomic mass is 32.2. The van der Waals surface area contributed by atoms with Gasteiger partial charge in [0.2, 0.25) is 0 Å². The standard InChI is InChI=1S/C11H13NS/c1-8-6-10(13-11(8)7-12)9-4-2-3-5-9/h6,11H,2-5H2,1H3. The Labute approximate surface area is 83.5 Å². The van der Waals surface area contributed by atoms with Crippen LogP contribution in [-0.4, -0.2) is 5.25 Å². The van der Waals surface area contributed by atoms with E-state index in [1.165, 1.54) is 36.2 Å². The fourth-order valence-corrected chi connectivity index (χ4v) is 3.08. The molecule has 0 aromatic carbocycles. The topological polar surface area (TPSA) is 23.8 Å². The molecule has 0 saturated heterocycles. The fourth-order valence-electron chi connectivity index (χ4n) is 1.90. The number of rotatable bonds is 0. The molecule has 0 N–H and O–H groups in total. The summed E-state index contributed by atoms with van der Waals surface area (Å²) in [4.78, 5) is 1.39. The van der Waals surface area contributed by atoms with Crippen molar-refractivity contribution in [3.05, 3.63) is 22.1 Å². The van der Waals surface area contributed by atoms with Gasteiger partial charge in [-0.05, 0) is 44.3 Å². The van der Waals surface area contributed by atoms with Crippen LogP contribution in [-0.2, 0) is 0 Å². The van der Waals surface area contributed by atoms with Gasteiger partial charge in [0.15, 0.2) is 0 Å². The molecule has 2 heteroatoms. The molecule has 13 heavy (non-hydrogen) atoms. The van der Waals surface area contributed by atoms with Gasteiger partial charge in [0.25, 0.3) is 0 Å². The Morgan fingerprint density at radius 2 is 2.15 bits per heavy atom. The molecule has 2 aliphatic rings. The molecule has 1 saturated carbocycles. The number of hydrogen-bond donors (Lipinski definition) is 0. The zero-order valence-electron chi connectivity index (χ0n) is 7.84. The Hall–Kier alpha value is -0.680. The van der Waals surface area contributed by atoms with Gasteiger partial charge in [0, 0.05) is 4.91 Å². The normalized spacial score (nSPS) is 27.7. The maximum Gasteiger partial charge on any atom is 0.117 e. The number of thioether (sulfide) groups is 1. The summed E-state index contributed by atoms with van der Waals surface area (Å²) >= 11 is 1.74. The molecule has 0 amide bonds. The first-order valence-corrected chi connectivity index (χ1v) is 5.65. The van der Waals surface area contributed by atoms with Crippen molar-refractivity contribution in [1.82, 2.24) is 0 Å². The van der Waals surface area contributed by atoms with E-state index in [1.54, 1.807) is 17.3 Å². The Morgan fingerprint density at radius 3 is 2.69 bits per heavy atom. The summed E-state index contributed by atoms with van der Waals surface area (Å²) in [6.45, 7) is 2.06. The number of nitriles is 1. The molecule has 0 spiro atoms. The summed E-state index contributed by atoms with van der Waals surface area (Å²) in [5, 5.41) is 8.95. The lowest BCUT2D eigenvalue weighted by atomic mass is 10.1. The maximum absolute atomic E-state index is 8.86. The van der Waals surface area contributed by atoms with Crippen molar-refractivity contribution in [2.45, 2.75) is 37.9 Å². The Balaban J connectivity index is 2.22. The van der Waals surface area contributed by atoms with E-state index in [9.17, 15) is 0 Å². The molecular formula is C11H13NS. The van der Waals surface area contributed by atoms with Crippen LogP contribution in [0.25, 0.3) is 0 Å². The highest BCUT2D eigenvalue weighted by Gasteiger charge is 2.23. The SMILES string of the molecule is CC1=CC(=C2CCCC2)SC1C#N. The molecule has 1 aliphatic carbocycles. The smallest absolute Gasteiger partial charge is 0.117 e.